The summed E-state index contributed by atoms with van der Waals surface area (Å²) in [7, 11) is 2.19. The van der Waals surface area contributed by atoms with Crippen molar-refractivity contribution in [2.24, 2.45) is 7.05 Å². The number of halogens is 1. The summed E-state index contributed by atoms with van der Waals surface area (Å²) in [6.07, 6.45) is 0. The lowest BCUT2D eigenvalue weighted by molar-refractivity contribution is 0.628. The number of rotatable bonds is 2. The van der Waals surface area contributed by atoms with Gasteiger partial charge in [-0.3, -0.25) is 0 Å². The molecule has 0 atom stereocenters. The molecule has 5 heteroatoms. The van der Waals surface area contributed by atoms with E-state index in [0.29, 0.717) is 0 Å². The highest BCUT2D eigenvalue weighted by atomic mass is 19.1. The molecule has 48 heavy (non-hydrogen) atoms. The molecule has 0 N–H and O–H groups in total. The fraction of sp³-hybridized carbons (Fsp3) is 0.116. The number of fused-ring (bicyclic) bond motifs is 10. The summed E-state index contributed by atoms with van der Waals surface area (Å²) in [5.74, 6) is -0.245. The maximum Gasteiger partial charge on any atom is 0.272 e. The molecule has 0 spiro atoms. The normalized spacial score (nSPS) is 14.8. The Morgan fingerprint density at radius 3 is 2.12 bits per heavy atom. The van der Waals surface area contributed by atoms with E-state index >= 15 is 4.39 Å². The summed E-state index contributed by atoms with van der Waals surface area (Å²) in [5, 5.41) is 1.16. The monoisotopic (exact) mass is 621 g/mol. The van der Waals surface area contributed by atoms with Crippen LogP contribution in [0.25, 0.3) is 22.0 Å². The van der Waals surface area contributed by atoms with Gasteiger partial charge in [-0.15, -0.1) is 0 Å². The number of aryl methyl sites for hydroxylation is 2. The SMILES string of the molecule is Cc1cccc(N2c3cccc4c3B(c3ccc5c(c32)C(C)(C)c2ccccc2-5)c2c(c3ccccc3n2C)N4c2cccc(F)c2)c1. The van der Waals surface area contributed by atoms with Crippen LogP contribution >= 0.6 is 0 Å². The molecule has 2 aliphatic heterocycles. The molecule has 6 aromatic carbocycles. The van der Waals surface area contributed by atoms with Gasteiger partial charge in [-0.25, -0.2) is 4.39 Å². The predicted octanol–water partition coefficient (Wildman–Crippen LogP) is 9.01. The average Bonchev–Trinajstić information content (AvgIpc) is 3.52. The maximum atomic E-state index is 15.0. The van der Waals surface area contributed by atoms with Crippen LogP contribution in [0.4, 0.5) is 38.5 Å². The fourth-order valence-electron chi connectivity index (χ4n) is 9.12. The lowest BCUT2D eigenvalue weighted by atomic mass is 9.34. The average molecular weight is 622 g/mol. The highest BCUT2D eigenvalue weighted by Gasteiger charge is 2.49. The topological polar surface area (TPSA) is 11.4 Å². The Labute approximate surface area is 280 Å². The Morgan fingerprint density at radius 1 is 0.646 bits per heavy atom. The van der Waals surface area contributed by atoms with Crippen LogP contribution in [-0.4, -0.2) is 11.3 Å². The number of hydrogen-bond acceptors (Lipinski definition) is 2. The zero-order chi connectivity index (χ0) is 32.5. The van der Waals surface area contributed by atoms with Gasteiger partial charge in [0.1, 0.15) is 5.82 Å². The van der Waals surface area contributed by atoms with E-state index in [1.165, 1.54) is 56.1 Å². The van der Waals surface area contributed by atoms with E-state index in [1.54, 1.807) is 6.07 Å². The van der Waals surface area contributed by atoms with E-state index in [-0.39, 0.29) is 17.9 Å². The van der Waals surface area contributed by atoms with Crippen LogP contribution < -0.4 is 26.3 Å². The first kappa shape index (κ1) is 27.6. The number of hydrogen-bond donors (Lipinski definition) is 0. The molecule has 0 unspecified atom stereocenters. The smallest absolute Gasteiger partial charge is 0.272 e. The van der Waals surface area contributed by atoms with Crippen molar-refractivity contribution in [1.82, 2.24) is 4.57 Å². The first-order chi connectivity index (χ1) is 23.3. The van der Waals surface area contributed by atoms with Crippen molar-refractivity contribution in [2.45, 2.75) is 26.2 Å². The van der Waals surface area contributed by atoms with Crippen LogP contribution in [0.3, 0.4) is 0 Å². The maximum absolute atomic E-state index is 15.0. The van der Waals surface area contributed by atoms with Gasteiger partial charge in [0.15, 0.2) is 0 Å². The van der Waals surface area contributed by atoms with Crippen LogP contribution in [-0.2, 0) is 12.5 Å². The molecular formula is C43H33BFN3. The van der Waals surface area contributed by atoms with Gasteiger partial charge in [0.05, 0.1) is 5.69 Å². The second-order valence-electron chi connectivity index (χ2n) is 14.0. The number of anilines is 6. The number of nitrogens with zero attached hydrogens (tertiary/aromatic N) is 3. The second kappa shape index (κ2) is 9.51. The molecule has 1 aromatic heterocycles. The largest absolute Gasteiger partial charge is 0.353 e. The number of aromatic nitrogens is 1. The van der Waals surface area contributed by atoms with Crippen molar-refractivity contribution in [1.29, 1.82) is 0 Å². The summed E-state index contributed by atoms with van der Waals surface area (Å²) in [6.45, 7) is 6.90. The van der Waals surface area contributed by atoms with E-state index in [9.17, 15) is 0 Å². The first-order valence-electron chi connectivity index (χ1n) is 16.7. The summed E-state index contributed by atoms with van der Waals surface area (Å²) >= 11 is 0. The summed E-state index contributed by atoms with van der Waals surface area (Å²) in [5.41, 5.74) is 17.9. The van der Waals surface area contributed by atoms with Crippen LogP contribution in [0.15, 0.2) is 127 Å². The minimum atomic E-state index is -0.245. The standard InChI is InChI=1S/C43H33BFN3/c1-26-12-9-14-28(24-26)48-37-21-11-20-36-39(37)44(34-23-22-31-30-16-5-7-18-33(30)43(2,3)38(31)41(34)48)42-40(32-17-6-8-19-35(32)46(42)4)47(36)29-15-10-13-27(45)25-29/h5-25H,1-4H3. The zero-order valence-electron chi connectivity index (χ0n) is 27.4. The lowest BCUT2D eigenvalue weighted by Crippen LogP contribution is -2.63. The molecule has 0 fully saturated rings. The quantitative estimate of drug-likeness (QED) is 0.179. The van der Waals surface area contributed by atoms with Gasteiger partial charge in [0.25, 0.3) is 6.71 Å². The van der Waals surface area contributed by atoms with E-state index in [1.807, 2.05) is 12.1 Å². The van der Waals surface area contributed by atoms with Crippen molar-refractivity contribution in [3.05, 3.63) is 150 Å². The third-order valence-corrected chi connectivity index (χ3v) is 11.0. The molecule has 10 rings (SSSR count). The van der Waals surface area contributed by atoms with Crippen molar-refractivity contribution in [3.8, 4) is 11.1 Å². The Bertz CT molecular complexity index is 2510. The van der Waals surface area contributed by atoms with E-state index in [4.69, 9.17) is 0 Å². The highest BCUT2D eigenvalue weighted by molar-refractivity contribution is 7.00. The molecular weight excluding hydrogens is 588 g/mol. The molecule has 0 radical (unpaired) electrons. The molecule has 0 saturated carbocycles. The predicted molar refractivity (Wildman–Crippen MR) is 199 cm³/mol. The van der Waals surface area contributed by atoms with E-state index in [0.717, 1.165) is 39.3 Å². The van der Waals surface area contributed by atoms with Gasteiger partial charge >= 0.3 is 0 Å². The van der Waals surface area contributed by atoms with Crippen molar-refractivity contribution < 1.29 is 4.39 Å². The molecule has 0 amide bonds. The van der Waals surface area contributed by atoms with Gasteiger partial charge in [0, 0.05) is 57.4 Å². The van der Waals surface area contributed by atoms with Crippen LogP contribution in [0.2, 0.25) is 0 Å². The summed E-state index contributed by atoms with van der Waals surface area (Å²) in [6, 6.07) is 44.8. The molecule has 1 aliphatic carbocycles. The fourth-order valence-corrected chi connectivity index (χ4v) is 9.12. The minimum absolute atomic E-state index is 0.0331. The lowest BCUT2D eigenvalue weighted by Gasteiger charge is -2.45. The van der Waals surface area contributed by atoms with Crippen molar-refractivity contribution in [2.75, 3.05) is 9.80 Å². The van der Waals surface area contributed by atoms with E-state index in [2.05, 4.69) is 145 Å². The van der Waals surface area contributed by atoms with Gasteiger partial charge in [0.2, 0.25) is 0 Å². The Hall–Kier alpha value is -5.55. The third-order valence-electron chi connectivity index (χ3n) is 11.0. The minimum Gasteiger partial charge on any atom is -0.353 e. The molecule has 3 heterocycles. The highest BCUT2D eigenvalue weighted by Crippen LogP contribution is 2.55. The second-order valence-corrected chi connectivity index (χ2v) is 14.0. The molecule has 3 aliphatic rings. The Kier molecular flexibility index (Phi) is 5.46. The van der Waals surface area contributed by atoms with Crippen LogP contribution in [0.1, 0.15) is 30.5 Å². The van der Waals surface area contributed by atoms with Crippen LogP contribution in [0, 0.1) is 12.7 Å². The first-order valence-corrected chi connectivity index (χ1v) is 16.7. The Balaban J connectivity index is 1.38. The van der Waals surface area contributed by atoms with Gasteiger partial charge in [-0.2, -0.15) is 0 Å². The van der Waals surface area contributed by atoms with Crippen LogP contribution in [0.5, 0.6) is 0 Å². The Morgan fingerprint density at radius 2 is 1.33 bits per heavy atom. The van der Waals surface area contributed by atoms with Gasteiger partial charge in [-0.05, 0) is 94.2 Å². The summed E-state index contributed by atoms with van der Waals surface area (Å²) in [4.78, 5) is 4.81. The van der Waals surface area contributed by atoms with Gasteiger partial charge < -0.3 is 14.4 Å². The molecule has 7 aromatic rings. The summed E-state index contributed by atoms with van der Waals surface area (Å²) < 4.78 is 17.4. The molecule has 0 saturated heterocycles. The molecule has 3 nitrogen and oxygen atoms in total. The van der Waals surface area contributed by atoms with Crippen molar-refractivity contribution >= 4 is 68.3 Å². The number of benzene rings is 6. The zero-order valence-corrected chi connectivity index (χ0v) is 27.4. The van der Waals surface area contributed by atoms with Crippen molar-refractivity contribution in [3.63, 3.8) is 0 Å². The van der Waals surface area contributed by atoms with Gasteiger partial charge in [-0.1, -0.05) is 92.7 Å². The van der Waals surface area contributed by atoms with E-state index < -0.39 is 0 Å². The third kappa shape index (κ3) is 3.43. The molecule has 230 valence electrons. The number of para-hydroxylation sites is 1. The molecule has 0 bridgehead atoms.